The second kappa shape index (κ2) is 4.75. The molecule has 1 saturated heterocycles. The Morgan fingerprint density at radius 2 is 1.85 bits per heavy atom. The largest absolute Gasteiger partial charge is 0.480 e. The van der Waals surface area contributed by atoms with Crippen molar-refractivity contribution < 1.29 is 18.3 Å². The Morgan fingerprint density at radius 3 is 2.40 bits per heavy atom. The molecule has 0 unspecified atom stereocenters. The van der Waals surface area contributed by atoms with Gasteiger partial charge in [-0.3, -0.25) is 9.10 Å². The lowest BCUT2D eigenvalue weighted by Crippen LogP contribution is -2.52. The van der Waals surface area contributed by atoms with Gasteiger partial charge in [-0.25, -0.2) is 0 Å². The maximum Gasteiger partial charge on any atom is 0.324 e. The summed E-state index contributed by atoms with van der Waals surface area (Å²) in [5.74, 6) is -1.16. The van der Waals surface area contributed by atoms with Crippen LogP contribution in [0, 0.1) is 6.92 Å². The molecule has 0 saturated carbocycles. The number of carboxylic acids is 1. The lowest BCUT2D eigenvalue weighted by Gasteiger charge is -2.30. The van der Waals surface area contributed by atoms with Crippen LogP contribution in [-0.4, -0.2) is 42.4 Å². The monoisotopic (exact) mass is 298 g/mol. The standard InChI is InChI=1S/C13H18N2O4S/c1-10-6-4-5-7-11(10)14-8-9-15(20(14,18)19)13(2,3)12(16)17/h4-7H,8-9H2,1-3H3,(H,16,17). The third-order valence-corrected chi connectivity index (χ3v) is 5.73. The Labute approximate surface area is 118 Å². The normalized spacial score (nSPS) is 19.2. The number of aliphatic carboxylic acids is 1. The third kappa shape index (κ3) is 2.16. The van der Waals surface area contributed by atoms with Crippen molar-refractivity contribution in [3.05, 3.63) is 29.8 Å². The molecule has 0 spiro atoms. The molecule has 0 bridgehead atoms. The zero-order chi connectivity index (χ0) is 15.1. The first-order valence-electron chi connectivity index (χ1n) is 6.28. The van der Waals surface area contributed by atoms with Gasteiger partial charge in [0.25, 0.3) is 0 Å². The highest BCUT2D eigenvalue weighted by Crippen LogP contribution is 2.32. The Kier molecular flexibility index (Phi) is 3.51. The number of rotatable bonds is 3. The Bertz CT molecular complexity index is 640. The minimum Gasteiger partial charge on any atom is -0.480 e. The fourth-order valence-corrected chi connectivity index (χ4v) is 4.26. The van der Waals surface area contributed by atoms with Gasteiger partial charge in [0.15, 0.2) is 0 Å². The molecule has 0 aromatic heterocycles. The molecule has 6 nitrogen and oxygen atoms in total. The Hall–Kier alpha value is -1.60. The van der Waals surface area contributed by atoms with Crippen molar-refractivity contribution in [3.8, 4) is 0 Å². The number of carboxylic acid groups (broad SMARTS) is 1. The van der Waals surface area contributed by atoms with E-state index in [-0.39, 0.29) is 13.1 Å². The van der Waals surface area contributed by atoms with E-state index in [1.165, 1.54) is 18.2 Å². The summed E-state index contributed by atoms with van der Waals surface area (Å²) in [6.07, 6.45) is 0. The SMILES string of the molecule is Cc1ccccc1N1CCN(C(C)(C)C(=O)O)S1(=O)=O. The second-order valence-electron chi connectivity index (χ2n) is 5.30. The molecule has 1 aliphatic rings. The topological polar surface area (TPSA) is 77.9 Å². The number of carbonyl (C=O) groups is 1. The highest BCUT2D eigenvalue weighted by atomic mass is 32.2. The molecule has 2 rings (SSSR count). The molecule has 7 heteroatoms. The predicted molar refractivity (Wildman–Crippen MR) is 75.9 cm³/mol. The highest BCUT2D eigenvalue weighted by molar-refractivity contribution is 7.90. The summed E-state index contributed by atoms with van der Waals surface area (Å²) in [6, 6.07) is 7.16. The number of para-hydroxylation sites is 1. The molecule has 0 aliphatic carbocycles. The van der Waals surface area contributed by atoms with Gasteiger partial charge in [-0.1, -0.05) is 18.2 Å². The molecule has 0 amide bonds. The fraction of sp³-hybridized carbons (Fsp3) is 0.462. The maximum absolute atomic E-state index is 12.6. The smallest absolute Gasteiger partial charge is 0.324 e. The molecule has 20 heavy (non-hydrogen) atoms. The predicted octanol–water partition coefficient (Wildman–Crippen LogP) is 1.23. The molecule has 1 fully saturated rings. The van der Waals surface area contributed by atoms with E-state index in [0.29, 0.717) is 5.69 Å². The summed E-state index contributed by atoms with van der Waals surface area (Å²) < 4.78 is 27.5. The lowest BCUT2D eigenvalue weighted by molar-refractivity contribution is -0.146. The van der Waals surface area contributed by atoms with Crippen molar-refractivity contribution in [2.75, 3.05) is 17.4 Å². The van der Waals surface area contributed by atoms with Gasteiger partial charge in [-0.15, -0.1) is 0 Å². The number of hydrogen-bond donors (Lipinski definition) is 1. The van der Waals surface area contributed by atoms with Gasteiger partial charge in [0, 0.05) is 13.1 Å². The number of aryl methyl sites for hydroxylation is 1. The van der Waals surface area contributed by atoms with E-state index in [0.717, 1.165) is 9.87 Å². The molecule has 1 aliphatic heterocycles. The first-order chi connectivity index (χ1) is 9.19. The number of hydrogen-bond acceptors (Lipinski definition) is 3. The Balaban J connectivity index is 2.44. The van der Waals surface area contributed by atoms with Crippen LogP contribution in [0.3, 0.4) is 0 Å². The van der Waals surface area contributed by atoms with Gasteiger partial charge < -0.3 is 5.11 Å². The van der Waals surface area contributed by atoms with Crippen molar-refractivity contribution in [2.45, 2.75) is 26.3 Å². The van der Waals surface area contributed by atoms with E-state index in [2.05, 4.69) is 0 Å². The quantitative estimate of drug-likeness (QED) is 0.910. The van der Waals surface area contributed by atoms with E-state index in [1.54, 1.807) is 12.1 Å². The maximum atomic E-state index is 12.6. The second-order valence-corrected chi connectivity index (χ2v) is 7.08. The van der Waals surface area contributed by atoms with Crippen LogP contribution in [0.2, 0.25) is 0 Å². The van der Waals surface area contributed by atoms with Gasteiger partial charge in [0.1, 0.15) is 5.54 Å². The summed E-state index contributed by atoms with van der Waals surface area (Å²) in [7, 11) is -3.82. The molecular weight excluding hydrogens is 280 g/mol. The average molecular weight is 298 g/mol. The average Bonchev–Trinajstić information content (AvgIpc) is 2.65. The highest BCUT2D eigenvalue weighted by Gasteiger charge is 2.48. The van der Waals surface area contributed by atoms with Crippen LogP contribution in [0.15, 0.2) is 24.3 Å². The molecule has 0 atom stereocenters. The molecule has 110 valence electrons. The van der Waals surface area contributed by atoms with E-state index in [9.17, 15) is 18.3 Å². The van der Waals surface area contributed by atoms with Crippen LogP contribution < -0.4 is 4.31 Å². The molecule has 0 radical (unpaired) electrons. The summed E-state index contributed by atoms with van der Waals surface area (Å²) in [5, 5.41) is 9.22. The Morgan fingerprint density at radius 1 is 1.25 bits per heavy atom. The zero-order valence-electron chi connectivity index (χ0n) is 11.7. The molecule has 1 N–H and O–H groups in total. The summed E-state index contributed by atoms with van der Waals surface area (Å²) in [6.45, 7) is 5.04. The van der Waals surface area contributed by atoms with Crippen LogP contribution >= 0.6 is 0 Å². The van der Waals surface area contributed by atoms with Gasteiger partial charge in [0.05, 0.1) is 5.69 Å². The van der Waals surface area contributed by atoms with E-state index in [1.807, 2.05) is 19.1 Å². The van der Waals surface area contributed by atoms with Crippen molar-refractivity contribution in [2.24, 2.45) is 0 Å². The molecule has 1 heterocycles. The lowest BCUT2D eigenvalue weighted by atomic mass is 10.1. The van der Waals surface area contributed by atoms with Crippen LogP contribution in [0.1, 0.15) is 19.4 Å². The van der Waals surface area contributed by atoms with Crippen LogP contribution in [0.5, 0.6) is 0 Å². The van der Waals surface area contributed by atoms with Crippen LogP contribution in [-0.2, 0) is 15.0 Å². The van der Waals surface area contributed by atoms with Crippen molar-refractivity contribution in [3.63, 3.8) is 0 Å². The third-order valence-electron chi connectivity index (χ3n) is 3.59. The molecular formula is C13H18N2O4S. The fourth-order valence-electron chi connectivity index (χ4n) is 2.29. The van der Waals surface area contributed by atoms with Crippen LogP contribution in [0.25, 0.3) is 0 Å². The molecule has 1 aromatic rings. The number of benzene rings is 1. The summed E-state index contributed by atoms with van der Waals surface area (Å²) >= 11 is 0. The number of anilines is 1. The summed E-state index contributed by atoms with van der Waals surface area (Å²) in [5.41, 5.74) is -0.0294. The summed E-state index contributed by atoms with van der Waals surface area (Å²) in [4.78, 5) is 11.3. The van der Waals surface area contributed by atoms with Gasteiger partial charge >= 0.3 is 16.2 Å². The first-order valence-corrected chi connectivity index (χ1v) is 7.68. The zero-order valence-corrected chi connectivity index (χ0v) is 12.5. The molecule has 1 aromatic carbocycles. The van der Waals surface area contributed by atoms with E-state index < -0.39 is 21.7 Å². The van der Waals surface area contributed by atoms with Crippen molar-refractivity contribution in [1.82, 2.24) is 4.31 Å². The van der Waals surface area contributed by atoms with E-state index >= 15 is 0 Å². The first kappa shape index (κ1) is 14.8. The van der Waals surface area contributed by atoms with Gasteiger partial charge in [-0.2, -0.15) is 12.7 Å². The number of nitrogens with zero attached hydrogens (tertiary/aromatic N) is 2. The minimum atomic E-state index is -3.82. The van der Waals surface area contributed by atoms with Gasteiger partial charge in [0.2, 0.25) is 0 Å². The van der Waals surface area contributed by atoms with Gasteiger partial charge in [-0.05, 0) is 32.4 Å². The van der Waals surface area contributed by atoms with Crippen LogP contribution in [0.4, 0.5) is 5.69 Å². The van der Waals surface area contributed by atoms with Crippen molar-refractivity contribution in [1.29, 1.82) is 0 Å². The van der Waals surface area contributed by atoms with E-state index in [4.69, 9.17) is 0 Å². The minimum absolute atomic E-state index is 0.163. The van der Waals surface area contributed by atoms with Crippen molar-refractivity contribution >= 4 is 21.9 Å².